The summed E-state index contributed by atoms with van der Waals surface area (Å²) in [6.45, 7) is 4.70. The van der Waals surface area contributed by atoms with Gasteiger partial charge in [-0.15, -0.1) is 0 Å². The maximum atomic E-state index is 10.9. The van der Waals surface area contributed by atoms with Crippen LogP contribution >= 0.6 is 11.8 Å². The smallest absolute Gasteiger partial charge is 0.208 e. The van der Waals surface area contributed by atoms with Crippen molar-refractivity contribution in [2.24, 2.45) is 0 Å². The first-order chi connectivity index (χ1) is 5.89. The van der Waals surface area contributed by atoms with E-state index in [2.05, 4.69) is 18.6 Å². The molecular weight excluding hydrogens is 206 g/mol. The highest BCUT2D eigenvalue weighted by atomic mass is 32.2. The molecule has 0 atom stereocenters. The highest BCUT2D eigenvalue weighted by molar-refractivity contribution is 8.00. The predicted octanol–water partition coefficient (Wildman–Crippen LogP) is 1.46. The van der Waals surface area contributed by atoms with Crippen LogP contribution in [0.25, 0.3) is 0 Å². The molecule has 0 radical (unpaired) electrons. The summed E-state index contributed by atoms with van der Waals surface area (Å²) in [4.78, 5) is 0. The van der Waals surface area contributed by atoms with Crippen LogP contribution in [0.2, 0.25) is 0 Å². The molecule has 0 aliphatic rings. The van der Waals surface area contributed by atoms with Gasteiger partial charge in [0.2, 0.25) is 10.0 Å². The molecule has 0 rings (SSSR count). The van der Waals surface area contributed by atoms with Crippen LogP contribution < -0.4 is 4.72 Å². The Bertz CT molecular complexity index is 224. The van der Waals surface area contributed by atoms with E-state index in [-0.39, 0.29) is 4.75 Å². The summed E-state index contributed by atoms with van der Waals surface area (Å²) in [5.74, 6) is 0. The summed E-state index contributed by atoms with van der Waals surface area (Å²) < 4.78 is 24.4. The Kier molecular flexibility index (Phi) is 5.32. The summed E-state index contributed by atoms with van der Waals surface area (Å²) in [5.41, 5.74) is 0. The van der Waals surface area contributed by atoms with Gasteiger partial charge in [-0.1, -0.05) is 13.8 Å². The Balaban J connectivity index is 4.27. The van der Waals surface area contributed by atoms with E-state index in [1.54, 1.807) is 11.8 Å². The molecule has 0 saturated carbocycles. The fourth-order valence-electron chi connectivity index (χ4n) is 1.12. The normalized spacial score (nSPS) is 13.2. The lowest BCUT2D eigenvalue weighted by Gasteiger charge is -2.29. The Morgan fingerprint density at radius 3 is 2.00 bits per heavy atom. The van der Waals surface area contributed by atoms with Crippen LogP contribution in [0.4, 0.5) is 0 Å². The van der Waals surface area contributed by atoms with E-state index >= 15 is 0 Å². The maximum absolute atomic E-state index is 10.9. The number of rotatable bonds is 6. The zero-order valence-electron chi connectivity index (χ0n) is 8.75. The summed E-state index contributed by atoms with van der Waals surface area (Å²) >= 11 is 1.73. The van der Waals surface area contributed by atoms with Crippen LogP contribution in [0.3, 0.4) is 0 Å². The molecule has 0 aromatic rings. The van der Waals surface area contributed by atoms with Crippen molar-refractivity contribution in [3.05, 3.63) is 0 Å². The number of thioether (sulfide) groups is 1. The summed E-state index contributed by atoms with van der Waals surface area (Å²) in [7, 11) is -3.05. The molecule has 0 bridgehead atoms. The van der Waals surface area contributed by atoms with Crippen molar-refractivity contribution >= 4 is 21.8 Å². The fraction of sp³-hybridized carbons (Fsp3) is 1.00. The standard InChI is InChI=1S/C8H19NO2S2/c1-5-8(6-2,12-3)7-9-13(4,10)11/h9H,5-7H2,1-4H3. The molecule has 0 aromatic carbocycles. The van der Waals surface area contributed by atoms with Gasteiger partial charge in [0.05, 0.1) is 6.26 Å². The summed E-state index contributed by atoms with van der Waals surface area (Å²) in [6, 6.07) is 0. The largest absolute Gasteiger partial charge is 0.214 e. The summed E-state index contributed by atoms with van der Waals surface area (Å²) in [5, 5.41) is 0. The zero-order chi connectivity index (χ0) is 10.5. The zero-order valence-corrected chi connectivity index (χ0v) is 10.4. The van der Waals surface area contributed by atoms with E-state index in [1.165, 1.54) is 6.26 Å². The molecule has 13 heavy (non-hydrogen) atoms. The van der Waals surface area contributed by atoms with E-state index in [0.29, 0.717) is 6.54 Å². The van der Waals surface area contributed by atoms with Gasteiger partial charge in [-0.05, 0) is 19.1 Å². The summed E-state index contributed by atoms with van der Waals surface area (Å²) in [6.07, 6.45) is 5.18. The van der Waals surface area contributed by atoms with E-state index in [9.17, 15) is 8.42 Å². The molecule has 0 aliphatic heterocycles. The second-order valence-electron chi connectivity index (χ2n) is 3.19. The molecule has 0 aromatic heterocycles. The van der Waals surface area contributed by atoms with Crippen LogP contribution in [0.15, 0.2) is 0 Å². The molecule has 0 fully saturated rings. The first kappa shape index (κ1) is 13.3. The quantitative estimate of drug-likeness (QED) is 0.744. The molecule has 3 nitrogen and oxygen atoms in total. The fourth-order valence-corrected chi connectivity index (χ4v) is 2.55. The van der Waals surface area contributed by atoms with Gasteiger partial charge in [0.15, 0.2) is 0 Å². The average Bonchev–Trinajstić information content (AvgIpc) is 2.06. The molecule has 0 amide bonds. The van der Waals surface area contributed by atoms with Crippen LogP contribution in [-0.2, 0) is 10.0 Å². The topological polar surface area (TPSA) is 46.2 Å². The van der Waals surface area contributed by atoms with Crippen molar-refractivity contribution in [3.8, 4) is 0 Å². The second kappa shape index (κ2) is 5.22. The average molecular weight is 225 g/mol. The Morgan fingerprint density at radius 1 is 1.31 bits per heavy atom. The molecule has 0 spiro atoms. The minimum Gasteiger partial charge on any atom is -0.214 e. The SMILES string of the molecule is CCC(CC)(CNS(C)(=O)=O)SC. The van der Waals surface area contributed by atoms with Gasteiger partial charge in [-0.3, -0.25) is 0 Å². The number of nitrogens with one attached hydrogen (secondary N) is 1. The van der Waals surface area contributed by atoms with Crippen LogP contribution in [0.5, 0.6) is 0 Å². The van der Waals surface area contributed by atoms with Gasteiger partial charge in [0.1, 0.15) is 0 Å². The first-order valence-electron chi connectivity index (χ1n) is 4.39. The van der Waals surface area contributed by atoms with Crippen LogP contribution in [-0.4, -0.2) is 32.2 Å². The Morgan fingerprint density at radius 2 is 1.77 bits per heavy atom. The lowest BCUT2D eigenvalue weighted by atomic mass is 10.0. The predicted molar refractivity (Wildman–Crippen MR) is 59.7 cm³/mol. The highest BCUT2D eigenvalue weighted by Gasteiger charge is 2.25. The number of sulfonamides is 1. The minimum atomic E-state index is -3.05. The van der Waals surface area contributed by atoms with Crippen LogP contribution in [0.1, 0.15) is 26.7 Å². The molecule has 0 unspecified atom stereocenters. The monoisotopic (exact) mass is 225 g/mol. The van der Waals surface area contributed by atoms with Gasteiger partial charge < -0.3 is 0 Å². The van der Waals surface area contributed by atoms with Crippen molar-refractivity contribution in [3.63, 3.8) is 0 Å². The molecule has 5 heteroatoms. The van der Waals surface area contributed by atoms with Crippen LogP contribution in [0, 0.1) is 0 Å². The van der Waals surface area contributed by atoms with E-state index in [1.807, 2.05) is 6.26 Å². The lowest BCUT2D eigenvalue weighted by Crippen LogP contribution is -2.39. The van der Waals surface area contributed by atoms with Crippen molar-refractivity contribution < 1.29 is 8.42 Å². The Hall–Kier alpha value is 0.260. The molecule has 0 saturated heterocycles. The molecule has 1 N–H and O–H groups in total. The molecule has 0 heterocycles. The number of hydrogen-bond acceptors (Lipinski definition) is 3. The molecule has 0 aliphatic carbocycles. The van der Waals surface area contributed by atoms with E-state index in [4.69, 9.17) is 0 Å². The molecular formula is C8H19NO2S2. The van der Waals surface area contributed by atoms with Crippen molar-refractivity contribution in [2.75, 3.05) is 19.1 Å². The van der Waals surface area contributed by atoms with Gasteiger partial charge in [-0.2, -0.15) is 11.8 Å². The number of hydrogen-bond donors (Lipinski definition) is 1. The lowest BCUT2D eigenvalue weighted by molar-refractivity contribution is 0.524. The van der Waals surface area contributed by atoms with E-state index < -0.39 is 10.0 Å². The van der Waals surface area contributed by atoms with E-state index in [0.717, 1.165) is 12.8 Å². The van der Waals surface area contributed by atoms with Gasteiger partial charge in [0.25, 0.3) is 0 Å². The third-order valence-corrected chi connectivity index (χ3v) is 4.63. The Labute approximate surface area is 85.7 Å². The van der Waals surface area contributed by atoms with Crippen molar-refractivity contribution in [2.45, 2.75) is 31.4 Å². The van der Waals surface area contributed by atoms with Crippen molar-refractivity contribution in [1.29, 1.82) is 0 Å². The third kappa shape index (κ3) is 4.88. The highest BCUT2D eigenvalue weighted by Crippen LogP contribution is 2.29. The second-order valence-corrected chi connectivity index (χ2v) is 6.29. The third-order valence-electron chi connectivity index (χ3n) is 2.38. The first-order valence-corrected chi connectivity index (χ1v) is 7.50. The van der Waals surface area contributed by atoms with Crippen molar-refractivity contribution in [1.82, 2.24) is 4.72 Å². The van der Waals surface area contributed by atoms with Gasteiger partial charge >= 0.3 is 0 Å². The minimum absolute atomic E-state index is 0.0586. The van der Waals surface area contributed by atoms with Gasteiger partial charge in [0, 0.05) is 11.3 Å². The maximum Gasteiger partial charge on any atom is 0.208 e. The van der Waals surface area contributed by atoms with Gasteiger partial charge in [-0.25, -0.2) is 13.1 Å². The molecule has 80 valence electrons.